The predicted octanol–water partition coefficient (Wildman–Crippen LogP) is 1.33. The number of rotatable bonds is 5. The molecule has 0 fully saturated rings. The maximum absolute atomic E-state index is 11.5. The molecule has 0 atom stereocenters. The molecule has 1 rings (SSSR count). The Morgan fingerprint density at radius 2 is 2.57 bits per heavy atom. The van der Waals surface area contributed by atoms with E-state index in [-0.39, 0.29) is 5.91 Å². The van der Waals surface area contributed by atoms with Crippen molar-refractivity contribution < 1.29 is 4.79 Å². The van der Waals surface area contributed by atoms with E-state index in [1.54, 1.807) is 30.4 Å². The molecule has 0 unspecified atom stereocenters. The maximum Gasteiger partial charge on any atom is 0.222 e. The smallest absolute Gasteiger partial charge is 0.222 e. The number of amides is 1. The Hall–Kier alpha value is -1.58. The Kier molecular flexibility index (Phi) is 3.91. The van der Waals surface area contributed by atoms with Crippen LogP contribution in [0.2, 0.25) is 0 Å². The van der Waals surface area contributed by atoms with Gasteiger partial charge in [-0.05, 0) is 6.42 Å². The molecule has 0 bridgehead atoms. The van der Waals surface area contributed by atoms with Crippen molar-refractivity contribution in [3.8, 4) is 0 Å². The van der Waals surface area contributed by atoms with Crippen molar-refractivity contribution in [2.75, 3.05) is 7.05 Å². The van der Waals surface area contributed by atoms with Crippen molar-refractivity contribution in [3.05, 3.63) is 30.6 Å². The average Bonchev–Trinajstić information content (AvgIpc) is 2.66. The van der Waals surface area contributed by atoms with E-state index in [1.165, 1.54) is 0 Å². The molecule has 1 amide bonds. The van der Waals surface area contributed by atoms with Gasteiger partial charge in [0.2, 0.25) is 5.91 Å². The Bertz CT molecular complexity index is 292. The van der Waals surface area contributed by atoms with Crippen molar-refractivity contribution in [3.63, 3.8) is 0 Å². The lowest BCUT2D eigenvalue weighted by atomic mass is 10.2. The predicted molar refractivity (Wildman–Crippen MR) is 54.5 cm³/mol. The second-order valence-corrected chi connectivity index (χ2v) is 3.18. The summed E-state index contributed by atoms with van der Waals surface area (Å²) in [5, 5.41) is 6.53. The minimum absolute atomic E-state index is 0.131. The van der Waals surface area contributed by atoms with Gasteiger partial charge < -0.3 is 4.90 Å². The number of carbonyl (C=O) groups is 1. The van der Waals surface area contributed by atoms with Crippen LogP contribution in [-0.4, -0.2) is 28.1 Å². The molecule has 0 aliphatic carbocycles. The van der Waals surface area contributed by atoms with E-state index in [9.17, 15) is 4.79 Å². The number of aromatic amines is 1. The van der Waals surface area contributed by atoms with Crippen molar-refractivity contribution >= 4 is 5.91 Å². The highest BCUT2D eigenvalue weighted by molar-refractivity contribution is 5.75. The number of carbonyl (C=O) groups excluding carboxylic acids is 1. The summed E-state index contributed by atoms with van der Waals surface area (Å²) in [5.41, 5.74) is 1.01. The first kappa shape index (κ1) is 10.5. The third kappa shape index (κ3) is 3.05. The molecule has 0 saturated heterocycles. The summed E-state index contributed by atoms with van der Waals surface area (Å²) in [6.45, 7) is 4.19. The number of nitrogens with zero attached hydrogens (tertiary/aromatic N) is 2. The van der Waals surface area contributed by atoms with Gasteiger partial charge in [-0.3, -0.25) is 9.89 Å². The van der Waals surface area contributed by atoms with Crippen LogP contribution >= 0.6 is 0 Å². The molecule has 4 heteroatoms. The van der Waals surface area contributed by atoms with Crippen LogP contribution in [0.25, 0.3) is 0 Å². The number of H-pyrrole nitrogens is 1. The molecule has 1 aromatic rings. The molecule has 14 heavy (non-hydrogen) atoms. The summed E-state index contributed by atoms with van der Waals surface area (Å²) < 4.78 is 0. The second kappa shape index (κ2) is 5.21. The van der Waals surface area contributed by atoms with Crippen molar-refractivity contribution in [1.29, 1.82) is 0 Å². The maximum atomic E-state index is 11.5. The third-order valence-corrected chi connectivity index (χ3v) is 1.96. The van der Waals surface area contributed by atoms with E-state index < -0.39 is 0 Å². The average molecular weight is 193 g/mol. The summed E-state index contributed by atoms with van der Waals surface area (Å²) >= 11 is 0. The molecule has 0 saturated carbocycles. The third-order valence-electron chi connectivity index (χ3n) is 1.96. The van der Waals surface area contributed by atoms with Crippen LogP contribution in [-0.2, 0) is 11.3 Å². The van der Waals surface area contributed by atoms with Crippen LogP contribution in [0.4, 0.5) is 0 Å². The molecular formula is C10H15N3O. The molecule has 1 heterocycles. The van der Waals surface area contributed by atoms with Gasteiger partial charge in [0, 0.05) is 31.8 Å². The van der Waals surface area contributed by atoms with Crippen LogP contribution < -0.4 is 0 Å². The highest BCUT2D eigenvalue weighted by atomic mass is 16.2. The van der Waals surface area contributed by atoms with E-state index in [1.807, 2.05) is 0 Å². The summed E-state index contributed by atoms with van der Waals surface area (Å²) in [7, 11) is 1.79. The molecule has 1 N–H and O–H groups in total. The fourth-order valence-corrected chi connectivity index (χ4v) is 1.14. The normalized spacial score (nSPS) is 9.79. The Morgan fingerprint density at radius 3 is 3.14 bits per heavy atom. The van der Waals surface area contributed by atoms with Gasteiger partial charge in [-0.2, -0.15) is 5.10 Å². The van der Waals surface area contributed by atoms with E-state index >= 15 is 0 Å². The highest BCUT2D eigenvalue weighted by Crippen LogP contribution is 2.02. The fraction of sp³-hybridized carbons (Fsp3) is 0.400. The van der Waals surface area contributed by atoms with Gasteiger partial charge in [0.15, 0.2) is 0 Å². The van der Waals surface area contributed by atoms with Crippen LogP contribution in [0.5, 0.6) is 0 Å². The highest BCUT2D eigenvalue weighted by Gasteiger charge is 2.08. The topological polar surface area (TPSA) is 49.0 Å². The monoisotopic (exact) mass is 193 g/mol. The number of hydrogen-bond donors (Lipinski definition) is 1. The largest absolute Gasteiger partial charge is 0.341 e. The number of hydrogen-bond acceptors (Lipinski definition) is 2. The zero-order valence-corrected chi connectivity index (χ0v) is 8.36. The van der Waals surface area contributed by atoms with Gasteiger partial charge in [-0.1, -0.05) is 6.08 Å². The summed E-state index contributed by atoms with van der Waals surface area (Å²) in [5.74, 6) is 0.131. The van der Waals surface area contributed by atoms with E-state index in [2.05, 4.69) is 16.8 Å². The van der Waals surface area contributed by atoms with Gasteiger partial charge in [0.05, 0.1) is 6.20 Å². The molecule has 76 valence electrons. The first-order valence-electron chi connectivity index (χ1n) is 4.56. The van der Waals surface area contributed by atoms with Gasteiger partial charge >= 0.3 is 0 Å². The molecule has 0 aliphatic heterocycles. The standard InChI is InChI=1S/C10H15N3O/c1-3-4-5-10(14)13(2)8-9-6-11-12-7-9/h3,6-7H,1,4-5,8H2,2H3,(H,11,12). The number of aromatic nitrogens is 2. The SMILES string of the molecule is C=CCCC(=O)N(C)Cc1cn[nH]c1. The van der Waals surface area contributed by atoms with Gasteiger partial charge in [0.25, 0.3) is 0 Å². The molecule has 0 aromatic carbocycles. The van der Waals surface area contributed by atoms with Crippen LogP contribution in [0.15, 0.2) is 25.0 Å². The summed E-state index contributed by atoms with van der Waals surface area (Å²) in [6.07, 6.45) is 6.52. The number of nitrogens with one attached hydrogen (secondary N) is 1. The number of allylic oxidation sites excluding steroid dienone is 1. The lowest BCUT2D eigenvalue weighted by molar-refractivity contribution is -0.130. The second-order valence-electron chi connectivity index (χ2n) is 3.18. The molecule has 4 nitrogen and oxygen atoms in total. The Morgan fingerprint density at radius 1 is 1.79 bits per heavy atom. The van der Waals surface area contributed by atoms with Gasteiger partial charge in [-0.25, -0.2) is 0 Å². The zero-order chi connectivity index (χ0) is 10.4. The molecule has 0 spiro atoms. The quantitative estimate of drug-likeness (QED) is 0.717. The lowest BCUT2D eigenvalue weighted by Crippen LogP contribution is -2.25. The molecular weight excluding hydrogens is 178 g/mol. The van der Waals surface area contributed by atoms with Crippen molar-refractivity contribution in [1.82, 2.24) is 15.1 Å². The molecule has 0 radical (unpaired) electrons. The Labute approximate surface area is 83.6 Å². The zero-order valence-electron chi connectivity index (χ0n) is 8.36. The van der Waals surface area contributed by atoms with Crippen molar-refractivity contribution in [2.45, 2.75) is 19.4 Å². The van der Waals surface area contributed by atoms with Crippen molar-refractivity contribution in [2.24, 2.45) is 0 Å². The minimum atomic E-state index is 0.131. The fourth-order valence-electron chi connectivity index (χ4n) is 1.14. The van der Waals surface area contributed by atoms with E-state index in [0.717, 1.165) is 12.0 Å². The van der Waals surface area contributed by atoms with E-state index in [0.29, 0.717) is 13.0 Å². The van der Waals surface area contributed by atoms with Crippen LogP contribution in [0.3, 0.4) is 0 Å². The Balaban J connectivity index is 2.37. The summed E-state index contributed by atoms with van der Waals surface area (Å²) in [4.78, 5) is 13.2. The lowest BCUT2D eigenvalue weighted by Gasteiger charge is -2.15. The molecule has 1 aromatic heterocycles. The first-order chi connectivity index (χ1) is 6.74. The minimum Gasteiger partial charge on any atom is -0.341 e. The molecule has 0 aliphatic rings. The van der Waals surface area contributed by atoms with Gasteiger partial charge in [-0.15, -0.1) is 6.58 Å². The van der Waals surface area contributed by atoms with Gasteiger partial charge in [0.1, 0.15) is 0 Å². The van der Waals surface area contributed by atoms with Crippen LogP contribution in [0.1, 0.15) is 18.4 Å². The van der Waals surface area contributed by atoms with Crippen LogP contribution in [0, 0.1) is 0 Å². The van der Waals surface area contributed by atoms with E-state index in [4.69, 9.17) is 0 Å². The summed E-state index contributed by atoms with van der Waals surface area (Å²) in [6, 6.07) is 0. The first-order valence-corrected chi connectivity index (χ1v) is 4.56.